The number of aryl methyl sites for hydroxylation is 1. The van der Waals surface area contributed by atoms with Gasteiger partial charge in [0.05, 0.1) is 5.56 Å². The smallest absolute Gasteiger partial charge is 0.271 e. The van der Waals surface area contributed by atoms with Crippen LogP contribution in [0.1, 0.15) is 29.9 Å². The fourth-order valence-electron chi connectivity index (χ4n) is 1.28. The van der Waals surface area contributed by atoms with Gasteiger partial charge in [0, 0.05) is 25.5 Å². The molecule has 1 rings (SSSR count). The number of nitrogens with zero attached hydrogens (tertiary/aromatic N) is 2. The molecule has 104 valence electrons. The van der Waals surface area contributed by atoms with Gasteiger partial charge < -0.3 is 5.32 Å². The van der Waals surface area contributed by atoms with Gasteiger partial charge in [-0.15, -0.1) is 0 Å². The van der Waals surface area contributed by atoms with Crippen LogP contribution in [0.3, 0.4) is 0 Å². The molecule has 0 aliphatic rings. The first-order chi connectivity index (χ1) is 8.90. The highest BCUT2D eigenvalue weighted by molar-refractivity contribution is 7.80. The highest BCUT2D eigenvalue weighted by Crippen LogP contribution is 1.99. The topological polar surface area (TPSA) is 57.3 Å². The van der Waals surface area contributed by atoms with Gasteiger partial charge in [-0.25, -0.2) is 0 Å². The molecule has 0 atom stereocenters. The van der Waals surface area contributed by atoms with Crippen LogP contribution in [-0.4, -0.2) is 34.6 Å². The number of nitrogens with one attached hydrogen (secondary N) is 2. The summed E-state index contributed by atoms with van der Waals surface area (Å²) in [6, 6.07) is 3.53. The maximum atomic E-state index is 11.9. The van der Waals surface area contributed by atoms with Crippen molar-refractivity contribution in [3.05, 3.63) is 29.6 Å². The molecule has 1 aromatic heterocycles. The summed E-state index contributed by atoms with van der Waals surface area (Å²) in [5, 5.41) is 5.06. The van der Waals surface area contributed by atoms with Gasteiger partial charge in [0.15, 0.2) is 5.11 Å². The van der Waals surface area contributed by atoms with E-state index in [4.69, 9.17) is 12.2 Å². The van der Waals surface area contributed by atoms with Crippen LogP contribution < -0.4 is 10.7 Å². The van der Waals surface area contributed by atoms with E-state index >= 15 is 0 Å². The van der Waals surface area contributed by atoms with E-state index in [1.807, 2.05) is 6.92 Å². The Labute approximate surface area is 119 Å². The van der Waals surface area contributed by atoms with E-state index < -0.39 is 0 Å². The first-order valence-corrected chi connectivity index (χ1v) is 6.56. The number of carbonyl (C=O) groups is 1. The Morgan fingerprint density at radius 2 is 2.16 bits per heavy atom. The van der Waals surface area contributed by atoms with Crippen LogP contribution >= 0.6 is 12.2 Å². The molecule has 0 spiro atoms. The Morgan fingerprint density at radius 1 is 1.47 bits per heavy atom. The second-order valence-corrected chi connectivity index (χ2v) is 5.15. The summed E-state index contributed by atoms with van der Waals surface area (Å²) in [5.41, 5.74) is 4.07. The van der Waals surface area contributed by atoms with Gasteiger partial charge in [-0.1, -0.05) is 13.8 Å². The van der Waals surface area contributed by atoms with Crippen molar-refractivity contribution in [2.75, 3.05) is 13.6 Å². The number of rotatable bonds is 3. The lowest BCUT2D eigenvalue weighted by molar-refractivity contribution is 0.0886. The van der Waals surface area contributed by atoms with Gasteiger partial charge >= 0.3 is 0 Å². The van der Waals surface area contributed by atoms with E-state index in [2.05, 4.69) is 29.6 Å². The van der Waals surface area contributed by atoms with Gasteiger partial charge in [0.1, 0.15) is 0 Å². The van der Waals surface area contributed by atoms with Crippen LogP contribution in [0.15, 0.2) is 18.3 Å². The second-order valence-electron chi connectivity index (χ2n) is 4.77. The summed E-state index contributed by atoms with van der Waals surface area (Å²) >= 11 is 5.17. The van der Waals surface area contributed by atoms with Crippen molar-refractivity contribution < 1.29 is 4.79 Å². The standard InChI is InChI=1S/C13H20N4OS/c1-9(2)7-15-13(19)17(4)16-12(18)11-6-5-10(3)14-8-11/h5-6,8-9H,7H2,1-4H3,(H,15,19)(H,16,18). The minimum Gasteiger partial charge on any atom is -0.361 e. The number of thiocarbonyl (C=S) groups is 1. The average molecular weight is 280 g/mol. The molecular weight excluding hydrogens is 260 g/mol. The van der Waals surface area contributed by atoms with E-state index in [0.717, 1.165) is 12.2 Å². The van der Waals surface area contributed by atoms with Crippen molar-refractivity contribution in [2.24, 2.45) is 5.92 Å². The van der Waals surface area contributed by atoms with Crippen molar-refractivity contribution >= 4 is 23.2 Å². The summed E-state index contributed by atoms with van der Waals surface area (Å²) < 4.78 is 0. The normalized spacial score (nSPS) is 10.2. The van der Waals surface area contributed by atoms with Crippen molar-refractivity contribution in [2.45, 2.75) is 20.8 Å². The number of hydrogen-bond donors (Lipinski definition) is 2. The Bertz CT molecular complexity index is 444. The Hall–Kier alpha value is -1.69. The second kappa shape index (κ2) is 7.04. The summed E-state index contributed by atoms with van der Waals surface area (Å²) in [6.07, 6.45) is 1.54. The van der Waals surface area contributed by atoms with E-state index in [1.54, 1.807) is 25.4 Å². The third-order valence-electron chi connectivity index (χ3n) is 2.41. The zero-order valence-electron chi connectivity index (χ0n) is 11.7. The molecule has 19 heavy (non-hydrogen) atoms. The predicted molar refractivity (Wildman–Crippen MR) is 79.6 cm³/mol. The van der Waals surface area contributed by atoms with Crippen LogP contribution in [-0.2, 0) is 0 Å². The van der Waals surface area contributed by atoms with Gasteiger partial charge in [0.2, 0.25) is 0 Å². The van der Waals surface area contributed by atoms with Crippen molar-refractivity contribution in [3.63, 3.8) is 0 Å². The Morgan fingerprint density at radius 3 is 2.68 bits per heavy atom. The average Bonchev–Trinajstić information content (AvgIpc) is 2.36. The molecule has 0 aliphatic heterocycles. The summed E-state index contributed by atoms with van der Waals surface area (Å²) in [7, 11) is 1.70. The lowest BCUT2D eigenvalue weighted by Gasteiger charge is -2.22. The molecule has 1 heterocycles. The summed E-state index contributed by atoms with van der Waals surface area (Å²) in [6.45, 7) is 6.82. The molecule has 1 aromatic rings. The Kier molecular flexibility index (Phi) is 5.69. The van der Waals surface area contributed by atoms with Gasteiger partial charge in [-0.3, -0.25) is 20.2 Å². The van der Waals surface area contributed by atoms with Crippen LogP contribution in [0.5, 0.6) is 0 Å². The monoisotopic (exact) mass is 280 g/mol. The number of pyridine rings is 1. The fourth-order valence-corrected chi connectivity index (χ4v) is 1.41. The maximum absolute atomic E-state index is 11.9. The molecule has 0 saturated carbocycles. The lowest BCUT2D eigenvalue weighted by atomic mass is 10.2. The molecule has 0 unspecified atom stereocenters. The van der Waals surface area contributed by atoms with Crippen LogP contribution in [0.2, 0.25) is 0 Å². The van der Waals surface area contributed by atoms with Crippen molar-refractivity contribution in [3.8, 4) is 0 Å². The van der Waals surface area contributed by atoms with Gasteiger partial charge in [-0.2, -0.15) is 0 Å². The molecule has 2 N–H and O–H groups in total. The molecule has 0 aromatic carbocycles. The Balaban J connectivity index is 2.51. The molecular formula is C13H20N4OS. The van der Waals surface area contributed by atoms with Crippen LogP contribution in [0.25, 0.3) is 0 Å². The van der Waals surface area contributed by atoms with Gasteiger partial charge in [0.25, 0.3) is 5.91 Å². The summed E-state index contributed by atoms with van der Waals surface area (Å²) in [4.78, 5) is 16.0. The molecule has 0 fully saturated rings. The SMILES string of the molecule is Cc1ccc(C(=O)NN(C)C(=S)NCC(C)C)cn1. The van der Waals surface area contributed by atoms with Crippen LogP contribution in [0, 0.1) is 12.8 Å². The maximum Gasteiger partial charge on any atom is 0.271 e. The number of aromatic nitrogens is 1. The molecule has 0 saturated heterocycles. The molecule has 1 amide bonds. The van der Waals surface area contributed by atoms with E-state index in [0.29, 0.717) is 16.6 Å². The number of hydrazine groups is 1. The highest BCUT2D eigenvalue weighted by Gasteiger charge is 2.10. The zero-order valence-corrected chi connectivity index (χ0v) is 12.5. The zero-order chi connectivity index (χ0) is 14.4. The number of amides is 1. The number of carbonyl (C=O) groups excluding carboxylic acids is 1. The quantitative estimate of drug-likeness (QED) is 0.649. The first kappa shape index (κ1) is 15.4. The van der Waals surface area contributed by atoms with Crippen LogP contribution in [0.4, 0.5) is 0 Å². The van der Waals surface area contributed by atoms with E-state index in [9.17, 15) is 4.79 Å². The predicted octanol–water partition coefficient (Wildman–Crippen LogP) is 1.50. The molecule has 6 heteroatoms. The third-order valence-corrected chi connectivity index (χ3v) is 2.83. The third kappa shape index (κ3) is 5.21. The number of hydrogen-bond acceptors (Lipinski definition) is 3. The van der Waals surface area contributed by atoms with E-state index in [-0.39, 0.29) is 5.91 Å². The molecule has 0 bridgehead atoms. The minimum absolute atomic E-state index is 0.233. The molecule has 5 nitrogen and oxygen atoms in total. The lowest BCUT2D eigenvalue weighted by Crippen LogP contribution is -2.48. The molecule has 0 aliphatic carbocycles. The first-order valence-electron chi connectivity index (χ1n) is 6.15. The highest BCUT2D eigenvalue weighted by atomic mass is 32.1. The largest absolute Gasteiger partial charge is 0.361 e. The van der Waals surface area contributed by atoms with Gasteiger partial charge in [-0.05, 0) is 37.2 Å². The minimum atomic E-state index is -0.233. The van der Waals surface area contributed by atoms with Crippen molar-refractivity contribution in [1.82, 2.24) is 20.7 Å². The fraction of sp³-hybridized carbons (Fsp3) is 0.462. The van der Waals surface area contributed by atoms with Crippen molar-refractivity contribution in [1.29, 1.82) is 0 Å². The van der Waals surface area contributed by atoms with E-state index in [1.165, 1.54) is 5.01 Å². The summed E-state index contributed by atoms with van der Waals surface area (Å²) in [5.74, 6) is 0.257. The molecule has 0 radical (unpaired) electrons.